The van der Waals surface area contributed by atoms with Gasteiger partial charge in [-0.2, -0.15) is 0 Å². The third-order valence-electron chi connectivity index (χ3n) is 10.2. The second-order valence-corrected chi connectivity index (χ2v) is 13.4. The van der Waals surface area contributed by atoms with Crippen molar-refractivity contribution in [1.29, 1.82) is 0 Å². The van der Waals surface area contributed by atoms with Crippen LogP contribution >= 0.6 is 0 Å². The Morgan fingerprint density at radius 1 is 0.490 bits per heavy atom. The van der Waals surface area contributed by atoms with E-state index in [0.29, 0.717) is 5.92 Å². The zero-order valence-electron chi connectivity index (χ0n) is 28.5. The molecule has 1 nitrogen and oxygen atoms in total. The molecule has 8 rings (SSSR count). The van der Waals surface area contributed by atoms with Crippen molar-refractivity contribution in [3.8, 4) is 39.1 Å². The molecule has 0 aliphatic rings. The second kappa shape index (κ2) is 13.1. The lowest BCUT2D eigenvalue weighted by Gasteiger charge is -2.22. The van der Waals surface area contributed by atoms with E-state index in [4.69, 9.17) is 0 Å². The van der Waals surface area contributed by atoms with E-state index < -0.39 is 0 Å². The summed E-state index contributed by atoms with van der Waals surface area (Å²) in [4.78, 5) is 0. The van der Waals surface area contributed by atoms with Gasteiger partial charge in [0.2, 0.25) is 0 Å². The second-order valence-electron chi connectivity index (χ2n) is 13.4. The van der Waals surface area contributed by atoms with E-state index >= 15 is 0 Å². The van der Waals surface area contributed by atoms with Crippen LogP contribution in [-0.4, -0.2) is 4.57 Å². The summed E-state index contributed by atoms with van der Waals surface area (Å²) in [5.74, 6) is 0.336. The van der Waals surface area contributed by atoms with Crippen LogP contribution in [0.15, 0.2) is 164 Å². The van der Waals surface area contributed by atoms with Crippen LogP contribution < -0.4 is 0 Å². The molecule has 0 radical (unpaired) electrons. The zero-order valence-corrected chi connectivity index (χ0v) is 28.5. The number of aromatic nitrogens is 1. The quantitative estimate of drug-likeness (QED) is 0.157. The van der Waals surface area contributed by atoms with Gasteiger partial charge < -0.3 is 4.57 Å². The topological polar surface area (TPSA) is 4.93 Å². The molecule has 49 heavy (non-hydrogen) atoms. The minimum atomic E-state index is 0.336. The molecule has 1 heterocycles. The van der Waals surface area contributed by atoms with Crippen LogP contribution in [0, 0.1) is 13.8 Å². The lowest BCUT2D eigenvalue weighted by atomic mass is 9.83. The number of aryl methyl sites for hydroxylation is 2. The molecule has 0 amide bonds. The first-order chi connectivity index (χ1) is 24.1. The van der Waals surface area contributed by atoms with Gasteiger partial charge in [0.15, 0.2) is 0 Å². The Labute approximate surface area is 290 Å². The Hall–Kier alpha value is -5.66. The SMILES string of the molecule is CCC(Cc1cc2c(cc1-c1ccc(C)cc1C)c1ccccc1n2-c1ccccc1)c1cc(-c2ccccc2)cc(-c2ccccc2)c1. The summed E-state index contributed by atoms with van der Waals surface area (Å²) in [7, 11) is 0. The predicted molar refractivity (Wildman–Crippen MR) is 210 cm³/mol. The summed E-state index contributed by atoms with van der Waals surface area (Å²) in [6.45, 7) is 6.79. The maximum atomic E-state index is 2.50. The normalized spacial score (nSPS) is 12.1. The molecule has 8 aromatic rings. The molecule has 238 valence electrons. The molecule has 0 spiro atoms. The molecule has 1 heteroatoms. The molecule has 0 aliphatic carbocycles. The number of rotatable bonds is 8. The highest BCUT2D eigenvalue weighted by Crippen LogP contribution is 2.41. The first kappa shape index (κ1) is 30.7. The highest BCUT2D eigenvalue weighted by molar-refractivity contribution is 6.11. The zero-order chi connectivity index (χ0) is 33.3. The van der Waals surface area contributed by atoms with E-state index in [1.807, 2.05) is 0 Å². The fourth-order valence-electron chi connectivity index (χ4n) is 7.69. The average molecular weight is 632 g/mol. The van der Waals surface area contributed by atoms with Gasteiger partial charge in [0.25, 0.3) is 0 Å². The highest BCUT2D eigenvalue weighted by Gasteiger charge is 2.21. The van der Waals surface area contributed by atoms with Gasteiger partial charge in [-0.3, -0.25) is 0 Å². The Morgan fingerprint density at radius 3 is 1.73 bits per heavy atom. The molecule has 0 saturated carbocycles. The lowest BCUT2D eigenvalue weighted by molar-refractivity contribution is 0.662. The van der Waals surface area contributed by atoms with Crippen LogP contribution in [0.5, 0.6) is 0 Å². The number of hydrogen-bond acceptors (Lipinski definition) is 0. The molecule has 7 aromatic carbocycles. The number of fused-ring (bicyclic) bond motifs is 3. The van der Waals surface area contributed by atoms with Gasteiger partial charge in [0.05, 0.1) is 11.0 Å². The Bertz CT molecular complexity index is 2340. The van der Waals surface area contributed by atoms with Crippen LogP contribution in [0.3, 0.4) is 0 Å². The van der Waals surface area contributed by atoms with Crippen molar-refractivity contribution >= 4 is 21.8 Å². The van der Waals surface area contributed by atoms with E-state index in [1.165, 1.54) is 83.1 Å². The summed E-state index contributed by atoms with van der Waals surface area (Å²) in [6, 6.07) is 60.4. The number of hydrogen-bond donors (Lipinski definition) is 0. The van der Waals surface area contributed by atoms with Crippen LogP contribution in [0.1, 0.15) is 41.5 Å². The summed E-state index contributed by atoms with van der Waals surface area (Å²) in [5.41, 5.74) is 16.8. The van der Waals surface area contributed by atoms with Crippen LogP contribution in [0.25, 0.3) is 60.9 Å². The molecule has 0 saturated heterocycles. The Morgan fingerprint density at radius 2 is 1.10 bits per heavy atom. The van der Waals surface area contributed by atoms with Crippen LogP contribution in [-0.2, 0) is 6.42 Å². The van der Waals surface area contributed by atoms with Crippen LogP contribution in [0.2, 0.25) is 0 Å². The Balaban J connectivity index is 1.35. The van der Waals surface area contributed by atoms with Gasteiger partial charge in [-0.05, 0) is 119 Å². The third-order valence-corrected chi connectivity index (χ3v) is 10.2. The van der Waals surface area contributed by atoms with E-state index in [0.717, 1.165) is 12.8 Å². The van der Waals surface area contributed by atoms with Gasteiger partial charge in [0, 0.05) is 16.5 Å². The molecule has 0 N–H and O–H groups in total. The molecule has 1 aromatic heterocycles. The fourth-order valence-corrected chi connectivity index (χ4v) is 7.69. The van der Waals surface area contributed by atoms with Crippen molar-refractivity contribution < 1.29 is 0 Å². The molecule has 0 fully saturated rings. The molecular formula is C48H41N. The molecule has 0 bridgehead atoms. The number of nitrogens with zero attached hydrogens (tertiary/aromatic N) is 1. The molecular weight excluding hydrogens is 591 g/mol. The van der Waals surface area contributed by atoms with Gasteiger partial charge >= 0.3 is 0 Å². The smallest absolute Gasteiger partial charge is 0.0544 e. The van der Waals surface area contributed by atoms with Gasteiger partial charge in [0.1, 0.15) is 0 Å². The minimum Gasteiger partial charge on any atom is -0.309 e. The molecule has 1 unspecified atom stereocenters. The van der Waals surface area contributed by atoms with E-state index in [-0.39, 0.29) is 0 Å². The fraction of sp³-hybridized carbons (Fsp3) is 0.125. The van der Waals surface area contributed by atoms with Crippen molar-refractivity contribution in [3.63, 3.8) is 0 Å². The van der Waals surface area contributed by atoms with Gasteiger partial charge in [-0.1, -0.05) is 140 Å². The molecule has 0 aliphatic heterocycles. The van der Waals surface area contributed by atoms with Crippen molar-refractivity contribution in [2.24, 2.45) is 0 Å². The van der Waals surface area contributed by atoms with Crippen LogP contribution in [0.4, 0.5) is 0 Å². The van der Waals surface area contributed by atoms with Crippen molar-refractivity contribution in [2.45, 2.75) is 39.5 Å². The minimum absolute atomic E-state index is 0.336. The standard InChI is InChI=1S/C48H41N/c1-4-35(38-28-39(36-16-8-5-9-17-36)30-40(29-38)37-18-10-6-11-19-37)27-41-31-48-46(32-45(41)43-25-24-33(2)26-34(43)3)44-22-14-15-23-47(44)49(48)42-20-12-7-13-21-42/h5-26,28-32,35H,4,27H2,1-3H3. The van der Waals surface area contributed by atoms with Crippen molar-refractivity contribution in [2.75, 3.05) is 0 Å². The maximum absolute atomic E-state index is 2.50. The summed E-state index contributed by atoms with van der Waals surface area (Å²) < 4.78 is 2.45. The van der Waals surface area contributed by atoms with E-state index in [2.05, 4.69) is 189 Å². The largest absolute Gasteiger partial charge is 0.309 e. The van der Waals surface area contributed by atoms with E-state index in [1.54, 1.807) is 0 Å². The molecule has 1 atom stereocenters. The van der Waals surface area contributed by atoms with Gasteiger partial charge in [-0.25, -0.2) is 0 Å². The first-order valence-electron chi connectivity index (χ1n) is 17.5. The Kier molecular flexibility index (Phi) is 8.19. The highest BCUT2D eigenvalue weighted by atomic mass is 15.0. The summed E-state index contributed by atoms with van der Waals surface area (Å²) >= 11 is 0. The van der Waals surface area contributed by atoms with Crippen molar-refractivity contribution in [3.05, 3.63) is 186 Å². The summed E-state index contributed by atoms with van der Waals surface area (Å²) in [6.07, 6.45) is 1.98. The maximum Gasteiger partial charge on any atom is 0.0544 e. The summed E-state index contributed by atoms with van der Waals surface area (Å²) in [5, 5.41) is 2.58. The van der Waals surface area contributed by atoms with Crippen molar-refractivity contribution in [1.82, 2.24) is 4.57 Å². The van der Waals surface area contributed by atoms with E-state index in [9.17, 15) is 0 Å². The lowest BCUT2D eigenvalue weighted by Crippen LogP contribution is -2.05. The first-order valence-corrected chi connectivity index (χ1v) is 17.5. The average Bonchev–Trinajstić information content (AvgIpc) is 3.47. The third kappa shape index (κ3) is 5.87. The monoisotopic (exact) mass is 631 g/mol. The predicted octanol–water partition coefficient (Wildman–Crippen LogP) is 13.1. The number of para-hydroxylation sites is 2. The van der Waals surface area contributed by atoms with Gasteiger partial charge in [-0.15, -0.1) is 0 Å². The number of benzene rings is 7.